The highest BCUT2D eigenvalue weighted by molar-refractivity contribution is 5.95. The van der Waals surface area contributed by atoms with Crippen LogP contribution < -0.4 is 11.5 Å². The summed E-state index contributed by atoms with van der Waals surface area (Å²) >= 11 is 0. The molecule has 9 nitrogen and oxygen atoms in total. The zero-order chi connectivity index (χ0) is 16.9. The minimum Gasteiger partial charge on any atom is -0.394 e. The first-order valence-electron chi connectivity index (χ1n) is 6.77. The average molecular weight is 316 g/mol. The fourth-order valence-electron chi connectivity index (χ4n) is 1.77. The van der Waals surface area contributed by atoms with Gasteiger partial charge in [0.05, 0.1) is 19.0 Å². The van der Waals surface area contributed by atoms with Crippen LogP contribution in [-0.2, 0) is 20.9 Å². The van der Waals surface area contributed by atoms with Crippen LogP contribution in [0.5, 0.6) is 0 Å². The molecule has 0 aliphatic rings. The predicted molar refractivity (Wildman–Crippen MR) is 78.8 cm³/mol. The Labute approximate surface area is 129 Å². The topological polar surface area (TPSA) is 135 Å². The summed E-state index contributed by atoms with van der Waals surface area (Å²) < 4.78 is 17.8. The third-order valence-corrected chi connectivity index (χ3v) is 3.20. The predicted octanol–water partition coefficient (Wildman–Crippen LogP) is -0.313. The van der Waals surface area contributed by atoms with E-state index in [4.69, 9.17) is 25.7 Å². The van der Waals surface area contributed by atoms with Gasteiger partial charge in [-0.1, -0.05) is 0 Å². The van der Waals surface area contributed by atoms with E-state index in [-0.39, 0.29) is 24.8 Å². The van der Waals surface area contributed by atoms with Gasteiger partial charge in [-0.25, -0.2) is 4.98 Å². The lowest BCUT2D eigenvalue weighted by Crippen LogP contribution is -2.40. The number of rotatable bonds is 9. The van der Waals surface area contributed by atoms with E-state index in [0.717, 1.165) is 0 Å². The van der Waals surface area contributed by atoms with Crippen molar-refractivity contribution in [2.24, 2.45) is 5.73 Å². The second-order valence-corrected chi connectivity index (χ2v) is 5.26. The summed E-state index contributed by atoms with van der Waals surface area (Å²) in [4.78, 5) is 14.9. The number of aliphatic hydroxyl groups excluding tert-OH is 1. The molecule has 1 aromatic rings. The number of carbonyl (C=O) groups excluding carboxylic acids is 1. The van der Waals surface area contributed by atoms with Gasteiger partial charge in [-0.2, -0.15) is 0 Å². The van der Waals surface area contributed by atoms with E-state index in [2.05, 4.69) is 4.98 Å². The van der Waals surface area contributed by atoms with Crippen molar-refractivity contribution in [3.8, 4) is 0 Å². The Kier molecular flexibility index (Phi) is 6.30. The van der Waals surface area contributed by atoms with Gasteiger partial charge in [0.2, 0.25) is 0 Å². The van der Waals surface area contributed by atoms with Crippen LogP contribution in [-0.4, -0.2) is 52.3 Å². The zero-order valence-corrected chi connectivity index (χ0v) is 13.3. The monoisotopic (exact) mass is 316 g/mol. The number of methoxy groups -OCH3 is 1. The first-order chi connectivity index (χ1) is 10.2. The smallest absolute Gasteiger partial charge is 0.271 e. The number of anilines is 1. The number of nitrogen functional groups attached to an aromatic ring is 1. The second kappa shape index (κ2) is 7.54. The zero-order valence-electron chi connectivity index (χ0n) is 13.3. The quantitative estimate of drug-likeness (QED) is 0.532. The van der Waals surface area contributed by atoms with Crippen molar-refractivity contribution in [1.82, 2.24) is 9.55 Å². The molecule has 5 N–H and O–H groups in total. The van der Waals surface area contributed by atoms with Crippen LogP contribution in [0, 0.1) is 0 Å². The molecular formula is C13H24N4O5. The Morgan fingerprint density at radius 2 is 2.18 bits per heavy atom. The third-order valence-electron chi connectivity index (χ3n) is 3.20. The average Bonchev–Trinajstić information content (AvgIpc) is 2.80. The highest BCUT2D eigenvalue weighted by Gasteiger charge is 2.27. The molecule has 1 rings (SSSR count). The lowest BCUT2D eigenvalue weighted by Gasteiger charge is -2.31. The van der Waals surface area contributed by atoms with Crippen LogP contribution in [0.15, 0.2) is 6.33 Å². The molecule has 2 atom stereocenters. The van der Waals surface area contributed by atoms with Gasteiger partial charge in [-0.3, -0.25) is 9.36 Å². The van der Waals surface area contributed by atoms with Gasteiger partial charge in [-0.15, -0.1) is 0 Å². The molecule has 22 heavy (non-hydrogen) atoms. The van der Waals surface area contributed by atoms with E-state index < -0.39 is 23.9 Å². The Morgan fingerprint density at radius 1 is 1.55 bits per heavy atom. The molecule has 0 saturated carbocycles. The number of ether oxygens (including phenoxy) is 3. The fraction of sp³-hybridized carbons (Fsp3) is 0.692. The normalized spacial score (nSPS) is 14.8. The summed E-state index contributed by atoms with van der Waals surface area (Å²) in [7, 11) is 1.53. The van der Waals surface area contributed by atoms with E-state index in [0.29, 0.717) is 0 Å². The van der Waals surface area contributed by atoms with Crippen molar-refractivity contribution >= 4 is 11.7 Å². The molecule has 126 valence electrons. The highest BCUT2D eigenvalue weighted by atomic mass is 16.7. The van der Waals surface area contributed by atoms with E-state index in [9.17, 15) is 9.90 Å². The highest BCUT2D eigenvalue weighted by Crippen LogP contribution is 2.17. The van der Waals surface area contributed by atoms with Crippen molar-refractivity contribution in [1.29, 1.82) is 0 Å². The van der Waals surface area contributed by atoms with Gasteiger partial charge in [0.25, 0.3) is 5.91 Å². The lowest BCUT2D eigenvalue weighted by atomic mass is 10.2. The Balaban J connectivity index is 2.66. The SMILES string of the molecule is COC(C)(C)OC(C)[C@@H](CO)OCn1cnc(C(N)=O)c1N. The minimum absolute atomic E-state index is 0.00154. The van der Waals surface area contributed by atoms with Gasteiger partial charge in [0, 0.05) is 7.11 Å². The molecule has 0 aliphatic carbocycles. The molecule has 1 aromatic heterocycles. The van der Waals surface area contributed by atoms with Crippen molar-refractivity contribution in [2.45, 2.75) is 45.5 Å². The number of nitrogens with zero attached hydrogens (tertiary/aromatic N) is 2. The summed E-state index contributed by atoms with van der Waals surface area (Å²) in [6.07, 6.45) is 0.308. The number of hydrogen-bond donors (Lipinski definition) is 3. The molecule has 0 aromatic carbocycles. The number of carbonyl (C=O) groups is 1. The fourth-order valence-corrected chi connectivity index (χ4v) is 1.77. The number of primary amides is 1. The number of nitrogens with two attached hydrogens (primary N) is 2. The van der Waals surface area contributed by atoms with E-state index in [1.807, 2.05) is 0 Å². The maximum absolute atomic E-state index is 11.1. The van der Waals surface area contributed by atoms with Crippen molar-refractivity contribution in [2.75, 3.05) is 19.5 Å². The molecule has 1 unspecified atom stereocenters. The molecule has 0 bridgehead atoms. The summed E-state index contributed by atoms with van der Waals surface area (Å²) in [5, 5.41) is 9.43. The summed E-state index contributed by atoms with van der Waals surface area (Å²) in [6, 6.07) is 0. The molecule has 0 saturated heterocycles. The molecule has 0 radical (unpaired) electrons. The van der Waals surface area contributed by atoms with Gasteiger partial charge in [0.15, 0.2) is 11.5 Å². The maximum atomic E-state index is 11.1. The summed E-state index contributed by atoms with van der Waals surface area (Å²) in [5.74, 6) is -1.41. The van der Waals surface area contributed by atoms with Crippen molar-refractivity contribution in [3.05, 3.63) is 12.0 Å². The Morgan fingerprint density at radius 3 is 2.64 bits per heavy atom. The summed E-state index contributed by atoms with van der Waals surface area (Å²) in [5.41, 5.74) is 10.9. The molecule has 0 fully saturated rings. The van der Waals surface area contributed by atoms with Gasteiger partial charge < -0.3 is 30.8 Å². The molecule has 9 heteroatoms. The van der Waals surface area contributed by atoms with Crippen LogP contribution in [0.1, 0.15) is 31.3 Å². The largest absolute Gasteiger partial charge is 0.394 e. The standard InChI is InChI=1S/C13H24N4O5/c1-8(22-13(2,3)20-4)9(5-18)21-7-17-6-16-10(11(17)14)12(15)19/h6,8-9,18H,5,7,14H2,1-4H3,(H2,15,19)/t8?,9-/m1/s1. The van der Waals surface area contributed by atoms with Gasteiger partial charge >= 0.3 is 0 Å². The Hall–Kier alpha value is -1.68. The molecular weight excluding hydrogens is 292 g/mol. The molecule has 0 aliphatic heterocycles. The first-order valence-corrected chi connectivity index (χ1v) is 6.77. The van der Waals surface area contributed by atoms with Gasteiger partial charge in [0.1, 0.15) is 18.7 Å². The lowest BCUT2D eigenvalue weighted by molar-refractivity contribution is -0.245. The minimum atomic E-state index is -0.802. The van der Waals surface area contributed by atoms with Crippen molar-refractivity contribution in [3.63, 3.8) is 0 Å². The van der Waals surface area contributed by atoms with Crippen LogP contribution in [0.25, 0.3) is 0 Å². The van der Waals surface area contributed by atoms with Crippen LogP contribution in [0.3, 0.4) is 0 Å². The van der Waals surface area contributed by atoms with E-state index in [1.165, 1.54) is 18.0 Å². The molecule has 1 heterocycles. The number of amides is 1. The maximum Gasteiger partial charge on any atom is 0.271 e. The number of hydrogen-bond acceptors (Lipinski definition) is 7. The summed E-state index contributed by atoms with van der Waals surface area (Å²) in [6.45, 7) is 5.01. The molecule has 0 spiro atoms. The molecule has 1 amide bonds. The van der Waals surface area contributed by atoms with Crippen LogP contribution in [0.2, 0.25) is 0 Å². The van der Waals surface area contributed by atoms with E-state index in [1.54, 1.807) is 20.8 Å². The second-order valence-electron chi connectivity index (χ2n) is 5.26. The van der Waals surface area contributed by atoms with Crippen LogP contribution in [0.4, 0.5) is 5.82 Å². The number of aromatic nitrogens is 2. The van der Waals surface area contributed by atoms with Gasteiger partial charge in [-0.05, 0) is 20.8 Å². The number of imidazole rings is 1. The van der Waals surface area contributed by atoms with E-state index >= 15 is 0 Å². The Bertz CT molecular complexity index is 503. The number of aliphatic hydroxyl groups is 1. The van der Waals surface area contributed by atoms with Crippen LogP contribution >= 0.6 is 0 Å². The van der Waals surface area contributed by atoms with Crippen molar-refractivity contribution < 1.29 is 24.1 Å². The first kappa shape index (κ1) is 18.4. The third kappa shape index (κ3) is 4.67.